The Morgan fingerprint density at radius 1 is 1.38 bits per heavy atom. The van der Waals surface area contributed by atoms with E-state index in [1.54, 1.807) is 20.8 Å². The largest absolute Gasteiger partial charge is 0.481 e. The average Bonchev–Trinajstić information content (AvgIpc) is 1.81. The van der Waals surface area contributed by atoms with Crippen molar-refractivity contribution >= 4 is 23.0 Å². The molecule has 0 bridgehead atoms. The van der Waals surface area contributed by atoms with E-state index >= 15 is 0 Å². The first kappa shape index (κ1) is 12.3. The van der Waals surface area contributed by atoms with E-state index in [4.69, 9.17) is 9.84 Å². The van der Waals surface area contributed by atoms with Crippen LogP contribution in [0.5, 0.6) is 0 Å². The van der Waals surface area contributed by atoms with Gasteiger partial charge in [-0.2, -0.15) is 0 Å². The molecule has 76 valence electrons. The lowest BCUT2D eigenvalue weighted by molar-refractivity contribution is -0.136. The standard InChI is InChI=1S/C8H14O4S/c1-8(2,3)12-7(11)13-5-4-6(9)10/h4-5H2,1-3H3,(H,9,10). The van der Waals surface area contributed by atoms with Gasteiger partial charge in [0.05, 0.1) is 6.42 Å². The highest BCUT2D eigenvalue weighted by Crippen LogP contribution is 2.15. The Balaban J connectivity index is 3.59. The van der Waals surface area contributed by atoms with Gasteiger partial charge in [-0.1, -0.05) is 0 Å². The lowest BCUT2D eigenvalue weighted by Crippen LogP contribution is -2.21. The fourth-order valence-electron chi connectivity index (χ4n) is 0.501. The fraction of sp³-hybridized carbons (Fsp3) is 0.750. The predicted molar refractivity (Wildman–Crippen MR) is 50.9 cm³/mol. The van der Waals surface area contributed by atoms with E-state index in [0.29, 0.717) is 0 Å². The van der Waals surface area contributed by atoms with E-state index in [2.05, 4.69) is 0 Å². The molecule has 0 saturated carbocycles. The van der Waals surface area contributed by atoms with Gasteiger partial charge in [0.15, 0.2) is 0 Å². The Bertz CT molecular complexity index is 195. The fourth-order valence-corrected chi connectivity index (χ4v) is 1.25. The quantitative estimate of drug-likeness (QED) is 0.716. The van der Waals surface area contributed by atoms with Gasteiger partial charge in [0.25, 0.3) is 0 Å². The molecule has 13 heavy (non-hydrogen) atoms. The van der Waals surface area contributed by atoms with Gasteiger partial charge >= 0.3 is 11.3 Å². The van der Waals surface area contributed by atoms with E-state index in [1.165, 1.54) is 0 Å². The van der Waals surface area contributed by atoms with Gasteiger partial charge in [-0.15, -0.1) is 0 Å². The Labute approximate surface area is 81.6 Å². The first-order chi connectivity index (χ1) is 5.81. The molecule has 0 aliphatic heterocycles. The van der Waals surface area contributed by atoms with Crippen molar-refractivity contribution in [2.45, 2.75) is 32.8 Å². The van der Waals surface area contributed by atoms with Crippen LogP contribution in [0.25, 0.3) is 0 Å². The van der Waals surface area contributed by atoms with Crippen molar-refractivity contribution in [3.05, 3.63) is 0 Å². The molecular weight excluding hydrogens is 192 g/mol. The van der Waals surface area contributed by atoms with Gasteiger partial charge < -0.3 is 9.84 Å². The summed E-state index contributed by atoms with van der Waals surface area (Å²) in [7, 11) is 0. The summed E-state index contributed by atoms with van der Waals surface area (Å²) < 4.78 is 4.95. The maximum Gasteiger partial charge on any atom is 0.367 e. The monoisotopic (exact) mass is 206 g/mol. The normalized spacial score (nSPS) is 11.0. The van der Waals surface area contributed by atoms with Crippen LogP contribution in [0.4, 0.5) is 4.79 Å². The molecule has 0 fully saturated rings. The van der Waals surface area contributed by atoms with Crippen molar-refractivity contribution in [3.8, 4) is 0 Å². The van der Waals surface area contributed by atoms with Crippen LogP contribution in [-0.2, 0) is 9.53 Å². The summed E-state index contributed by atoms with van der Waals surface area (Å²) in [6.45, 7) is 5.30. The first-order valence-corrected chi connectivity index (χ1v) is 4.87. The Hall–Kier alpha value is -0.710. The molecule has 0 unspecified atom stereocenters. The number of aliphatic carboxylic acids is 1. The Morgan fingerprint density at radius 3 is 2.31 bits per heavy atom. The summed E-state index contributed by atoms with van der Waals surface area (Å²) in [5.74, 6) is -0.652. The van der Waals surface area contributed by atoms with E-state index in [0.717, 1.165) is 11.8 Å². The highest BCUT2D eigenvalue weighted by Gasteiger charge is 2.16. The van der Waals surface area contributed by atoms with Gasteiger partial charge in [-0.25, -0.2) is 4.79 Å². The number of carboxylic acid groups (broad SMARTS) is 1. The molecule has 0 spiro atoms. The summed E-state index contributed by atoms with van der Waals surface area (Å²) in [5, 5.41) is 7.87. The van der Waals surface area contributed by atoms with Crippen molar-refractivity contribution < 1.29 is 19.4 Å². The second-order valence-corrected chi connectivity index (χ2v) is 4.49. The molecule has 0 aromatic rings. The van der Waals surface area contributed by atoms with Crippen LogP contribution < -0.4 is 0 Å². The van der Waals surface area contributed by atoms with Crippen LogP contribution >= 0.6 is 11.8 Å². The number of hydrogen-bond acceptors (Lipinski definition) is 4. The van der Waals surface area contributed by atoms with Crippen molar-refractivity contribution in [2.75, 3.05) is 5.75 Å². The molecule has 4 nitrogen and oxygen atoms in total. The van der Waals surface area contributed by atoms with Crippen molar-refractivity contribution in [1.82, 2.24) is 0 Å². The van der Waals surface area contributed by atoms with Crippen LogP contribution in [0, 0.1) is 0 Å². The van der Waals surface area contributed by atoms with Crippen LogP contribution in [-0.4, -0.2) is 27.7 Å². The van der Waals surface area contributed by atoms with Crippen molar-refractivity contribution in [1.29, 1.82) is 0 Å². The maximum absolute atomic E-state index is 11.0. The van der Waals surface area contributed by atoms with Gasteiger partial charge in [-0.05, 0) is 32.5 Å². The number of rotatable bonds is 3. The molecular formula is C8H14O4S. The highest BCUT2D eigenvalue weighted by molar-refractivity contribution is 8.13. The number of ether oxygens (including phenoxy) is 1. The number of thioether (sulfide) groups is 1. The zero-order valence-corrected chi connectivity index (χ0v) is 8.81. The SMILES string of the molecule is CC(C)(C)OC(=O)SCCC(=O)O. The zero-order valence-electron chi connectivity index (χ0n) is 7.99. The van der Waals surface area contributed by atoms with Crippen molar-refractivity contribution in [2.24, 2.45) is 0 Å². The zero-order chi connectivity index (χ0) is 10.5. The van der Waals surface area contributed by atoms with E-state index in [-0.39, 0.29) is 12.2 Å². The van der Waals surface area contributed by atoms with Gasteiger partial charge in [-0.3, -0.25) is 4.79 Å². The minimum Gasteiger partial charge on any atom is -0.481 e. The van der Waals surface area contributed by atoms with Crippen molar-refractivity contribution in [3.63, 3.8) is 0 Å². The van der Waals surface area contributed by atoms with Gasteiger partial charge in [0.1, 0.15) is 5.60 Å². The molecule has 0 aromatic heterocycles. The third kappa shape index (κ3) is 9.20. The lowest BCUT2D eigenvalue weighted by atomic mass is 10.2. The van der Waals surface area contributed by atoms with E-state index < -0.39 is 16.9 Å². The summed E-state index contributed by atoms with van der Waals surface area (Å²) in [4.78, 5) is 21.1. The summed E-state index contributed by atoms with van der Waals surface area (Å²) >= 11 is 0.890. The summed E-state index contributed by atoms with van der Waals surface area (Å²) in [5.41, 5.74) is -0.507. The third-order valence-electron chi connectivity index (χ3n) is 0.925. The molecule has 0 aromatic carbocycles. The molecule has 0 atom stereocenters. The van der Waals surface area contributed by atoms with E-state index in [9.17, 15) is 9.59 Å². The lowest BCUT2D eigenvalue weighted by Gasteiger charge is -2.18. The Morgan fingerprint density at radius 2 is 1.92 bits per heavy atom. The molecule has 1 N–H and O–H groups in total. The number of carbonyl (C=O) groups excluding carboxylic acids is 1. The number of hydrogen-bond donors (Lipinski definition) is 1. The maximum atomic E-state index is 11.0. The van der Waals surface area contributed by atoms with E-state index in [1.807, 2.05) is 0 Å². The highest BCUT2D eigenvalue weighted by atomic mass is 32.2. The minimum atomic E-state index is -0.906. The van der Waals surface area contributed by atoms with Crippen LogP contribution in [0.1, 0.15) is 27.2 Å². The van der Waals surface area contributed by atoms with Crippen LogP contribution in [0.3, 0.4) is 0 Å². The molecule has 0 aliphatic rings. The van der Waals surface area contributed by atoms with Gasteiger partial charge in [0.2, 0.25) is 0 Å². The average molecular weight is 206 g/mol. The predicted octanol–water partition coefficient (Wildman–Crippen LogP) is 2.13. The third-order valence-corrected chi connectivity index (χ3v) is 1.65. The molecule has 0 aliphatic carbocycles. The molecule has 0 heterocycles. The Kier molecular flexibility index (Phi) is 4.83. The molecule has 5 heteroatoms. The second-order valence-electron chi connectivity index (χ2n) is 3.46. The first-order valence-electron chi connectivity index (χ1n) is 3.89. The molecule has 0 saturated heterocycles. The summed E-state index contributed by atoms with van der Waals surface area (Å²) in [6.07, 6.45) is -0.0239. The van der Waals surface area contributed by atoms with Gasteiger partial charge in [0, 0.05) is 5.75 Å². The molecule has 0 radical (unpaired) electrons. The molecule has 0 amide bonds. The minimum absolute atomic E-state index is 0.0239. The molecule has 0 rings (SSSR count). The number of carbonyl (C=O) groups is 2. The topological polar surface area (TPSA) is 63.6 Å². The number of carboxylic acids is 1. The smallest absolute Gasteiger partial charge is 0.367 e. The second kappa shape index (κ2) is 5.11. The van der Waals surface area contributed by atoms with Crippen LogP contribution in [0.2, 0.25) is 0 Å². The summed E-state index contributed by atoms with van der Waals surface area (Å²) in [6, 6.07) is 0. The van der Waals surface area contributed by atoms with Crippen LogP contribution in [0.15, 0.2) is 0 Å².